The standard InChI is InChI=1S/C15H14F2N2O2/c16-12-2-1-3-13(17)14(12)15(20)19-8-9-21-11-6-4-10(18)5-7-11/h1-7H,8-9,18H2,(H,19,20). The minimum Gasteiger partial charge on any atom is -0.492 e. The van der Waals surface area contributed by atoms with Crippen LogP contribution in [0.5, 0.6) is 5.75 Å². The molecule has 0 spiro atoms. The highest BCUT2D eigenvalue weighted by atomic mass is 19.1. The predicted octanol–water partition coefficient (Wildman–Crippen LogP) is 2.36. The molecule has 0 heterocycles. The number of anilines is 1. The molecule has 3 N–H and O–H groups in total. The molecular formula is C15H14F2N2O2. The Labute approximate surface area is 120 Å². The van der Waals surface area contributed by atoms with E-state index in [1.807, 2.05) is 0 Å². The highest BCUT2D eigenvalue weighted by molar-refractivity contribution is 5.94. The third-order valence-corrected chi connectivity index (χ3v) is 2.73. The maximum Gasteiger partial charge on any atom is 0.257 e. The van der Waals surface area contributed by atoms with Crippen molar-refractivity contribution in [2.75, 3.05) is 18.9 Å². The largest absolute Gasteiger partial charge is 0.492 e. The van der Waals surface area contributed by atoms with Crippen LogP contribution in [-0.4, -0.2) is 19.1 Å². The lowest BCUT2D eigenvalue weighted by molar-refractivity contribution is 0.0938. The second-order valence-corrected chi connectivity index (χ2v) is 4.27. The zero-order valence-electron chi connectivity index (χ0n) is 11.1. The fourth-order valence-electron chi connectivity index (χ4n) is 1.70. The molecule has 6 heteroatoms. The van der Waals surface area contributed by atoms with Crippen LogP contribution in [0, 0.1) is 11.6 Å². The van der Waals surface area contributed by atoms with E-state index in [1.54, 1.807) is 24.3 Å². The third kappa shape index (κ3) is 3.92. The lowest BCUT2D eigenvalue weighted by Gasteiger charge is -2.09. The maximum absolute atomic E-state index is 13.4. The van der Waals surface area contributed by atoms with Gasteiger partial charge in [0.2, 0.25) is 0 Å². The second kappa shape index (κ2) is 6.69. The van der Waals surface area contributed by atoms with Gasteiger partial charge in [0.1, 0.15) is 29.6 Å². The molecule has 1 amide bonds. The van der Waals surface area contributed by atoms with Crippen molar-refractivity contribution in [2.45, 2.75) is 0 Å². The molecule has 2 aromatic rings. The van der Waals surface area contributed by atoms with Gasteiger partial charge in [0, 0.05) is 5.69 Å². The molecule has 110 valence electrons. The first-order chi connectivity index (χ1) is 10.1. The molecule has 0 aliphatic heterocycles. The van der Waals surface area contributed by atoms with Gasteiger partial charge in [-0.05, 0) is 36.4 Å². The summed E-state index contributed by atoms with van der Waals surface area (Å²) in [4.78, 5) is 11.7. The van der Waals surface area contributed by atoms with E-state index in [2.05, 4.69) is 5.32 Å². The van der Waals surface area contributed by atoms with Gasteiger partial charge in [-0.25, -0.2) is 8.78 Å². The predicted molar refractivity (Wildman–Crippen MR) is 75.0 cm³/mol. The number of amides is 1. The Morgan fingerprint density at radius 1 is 1.10 bits per heavy atom. The van der Waals surface area contributed by atoms with Crippen LogP contribution in [0.1, 0.15) is 10.4 Å². The van der Waals surface area contributed by atoms with E-state index in [-0.39, 0.29) is 13.2 Å². The van der Waals surface area contributed by atoms with Crippen molar-refractivity contribution in [3.63, 3.8) is 0 Å². The normalized spacial score (nSPS) is 10.2. The van der Waals surface area contributed by atoms with Crippen LogP contribution in [0.2, 0.25) is 0 Å². The molecule has 21 heavy (non-hydrogen) atoms. The molecule has 0 unspecified atom stereocenters. The zero-order chi connectivity index (χ0) is 15.2. The SMILES string of the molecule is Nc1ccc(OCCNC(=O)c2c(F)cccc2F)cc1. The number of carbonyl (C=O) groups excluding carboxylic acids is 1. The van der Waals surface area contributed by atoms with Crippen molar-refractivity contribution in [2.24, 2.45) is 0 Å². The molecule has 4 nitrogen and oxygen atoms in total. The van der Waals surface area contributed by atoms with Gasteiger partial charge < -0.3 is 15.8 Å². The molecule has 0 radical (unpaired) electrons. The summed E-state index contributed by atoms with van der Waals surface area (Å²) in [6.45, 7) is 0.294. The number of ether oxygens (including phenoxy) is 1. The Morgan fingerprint density at radius 3 is 2.33 bits per heavy atom. The Hall–Kier alpha value is -2.63. The van der Waals surface area contributed by atoms with E-state index in [0.29, 0.717) is 11.4 Å². The average Bonchev–Trinajstić information content (AvgIpc) is 2.45. The van der Waals surface area contributed by atoms with Gasteiger partial charge in [-0.1, -0.05) is 6.07 Å². The van der Waals surface area contributed by atoms with Gasteiger partial charge in [-0.2, -0.15) is 0 Å². The van der Waals surface area contributed by atoms with Crippen LogP contribution in [0.25, 0.3) is 0 Å². The number of rotatable bonds is 5. The number of nitrogens with one attached hydrogen (secondary N) is 1. The molecule has 0 aliphatic rings. The monoisotopic (exact) mass is 292 g/mol. The Morgan fingerprint density at radius 2 is 1.71 bits per heavy atom. The number of nitrogen functional groups attached to an aromatic ring is 1. The van der Waals surface area contributed by atoms with E-state index >= 15 is 0 Å². The van der Waals surface area contributed by atoms with Crippen LogP contribution in [0.4, 0.5) is 14.5 Å². The van der Waals surface area contributed by atoms with Gasteiger partial charge in [0.25, 0.3) is 5.91 Å². The summed E-state index contributed by atoms with van der Waals surface area (Å²) in [5.74, 6) is -2.01. The topological polar surface area (TPSA) is 64.3 Å². The summed E-state index contributed by atoms with van der Waals surface area (Å²) in [7, 11) is 0. The molecule has 0 saturated carbocycles. The second-order valence-electron chi connectivity index (χ2n) is 4.27. The van der Waals surface area contributed by atoms with Gasteiger partial charge in [0.05, 0.1) is 6.54 Å². The first-order valence-corrected chi connectivity index (χ1v) is 6.28. The molecule has 0 aromatic heterocycles. The summed E-state index contributed by atoms with van der Waals surface area (Å²) >= 11 is 0. The van der Waals surface area contributed by atoms with Crippen LogP contribution in [-0.2, 0) is 0 Å². The first-order valence-electron chi connectivity index (χ1n) is 6.28. The lowest BCUT2D eigenvalue weighted by atomic mass is 10.2. The number of halogens is 2. The van der Waals surface area contributed by atoms with Gasteiger partial charge in [-0.3, -0.25) is 4.79 Å². The minimum atomic E-state index is -0.896. The summed E-state index contributed by atoms with van der Waals surface area (Å²) in [5.41, 5.74) is 5.55. The minimum absolute atomic E-state index is 0.122. The van der Waals surface area contributed by atoms with Gasteiger partial charge in [-0.15, -0.1) is 0 Å². The maximum atomic E-state index is 13.4. The Bertz CT molecular complexity index is 610. The summed E-state index contributed by atoms with van der Waals surface area (Å²) in [6.07, 6.45) is 0. The molecule has 0 saturated heterocycles. The van der Waals surface area contributed by atoms with Crippen molar-refractivity contribution in [1.82, 2.24) is 5.32 Å². The zero-order valence-corrected chi connectivity index (χ0v) is 11.1. The fourth-order valence-corrected chi connectivity index (χ4v) is 1.70. The number of hydrogen-bond acceptors (Lipinski definition) is 3. The lowest BCUT2D eigenvalue weighted by Crippen LogP contribution is -2.29. The number of hydrogen-bond donors (Lipinski definition) is 2. The van der Waals surface area contributed by atoms with Gasteiger partial charge in [0.15, 0.2) is 0 Å². The van der Waals surface area contributed by atoms with Crippen LogP contribution >= 0.6 is 0 Å². The van der Waals surface area contributed by atoms with E-state index in [9.17, 15) is 13.6 Å². The number of carbonyl (C=O) groups is 1. The van der Waals surface area contributed by atoms with Crippen molar-refractivity contribution in [1.29, 1.82) is 0 Å². The molecule has 2 aromatic carbocycles. The summed E-state index contributed by atoms with van der Waals surface area (Å²) in [5, 5.41) is 2.39. The van der Waals surface area contributed by atoms with Gasteiger partial charge >= 0.3 is 0 Å². The van der Waals surface area contributed by atoms with Crippen LogP contribution in [0.15, 0.2) is 42.5 Å². The molecule has 0 atom stereocenters. The fraction of sp³-hybridized carbons (Fsp3) is 0.133. The summed E-state index contributed by atoms with van der Waals surface area (Å²) < 4.78 is 32.1. The molecule has 0 bridgehead atoms. The van der Waals surface area contributed by atoms with Crippen LogP contribution < -0.4 is 15.8 Å². The molecule has 0 fully saturated rings. The first kappa shape index (κ1) is 14.8. The number of nitrogens with two attached hydrogens (primary N) is 1. The Balaban J connectivity index is 1.83. The quantitative estimate of drug-likeness (QED) is 0.657. The molecular weight excluding hydrogens is 278 g/mol. The van der Waals surface area contributed by atoms with E-state index in [1.165, 1.54) is 6.07 Å². The highest BCUT2D eigenvalue weighted by Crippen LogP contribution is 2.13. The van der Waals surface area contributed by atoms with E-state index in [4.69, 9.17) is 10.5 Å². The van der Waals surface area contributed by atoms with Crippen LogP contribution in [0.3, 0.4) is 0 Å². The number of benzene rings is 2. The smallest absolute Gasteiger partial charge is 0.257 e. The third-order valence-electron chi connectivity index (χ3n) is 2.73. The summed E-state index contributed by atoms with van der Waals surface area (Å²) in [6, 6.07) is 10.0. The van der Waals surface area contributed by atoms with E-state index < -0.39 is 23.1 Å². The molecule has 0 aliphatic carbocycles. The van der Waals surface area contributed by atoms with E-state index in [0.717, 1.165) is 12.1 Å². The van der Waals surface area contributed by atoms with Crippen molar-refractivity contribution < 1.29 is 18.3 Å². The average molecular weight is 292 g/mol. The Kier molecular flexibility index (Phi) is 4.71. The van der Waals surface area contributed by atoms with Crippen molar-refractivity contribution in [3.05, 3.63) is 59.7 Å². The van der Waals surface area contributed by atoms with Crippen molar-refractivity contribution in [3.8, 4) is 5.75 Å². The highest BCUT2D eigenvalue weighted by Gasteiger charge is 2.16. The van der Waals surface area contributed by atoms with Crippen molar-refractivity contribution >= 4 is 11.6 Å². The molecule has 2 rings (SSSR count).